The topological polar surface area (TPSA) is 85.9 Å². The zero-order chi connectivity index (χ0) is 21.2. The van der Waals surface area contributed by atoms with E-state index in [2.05, 4.69) is 50.7 Å². The minimum Gasteiger partial charge on any atom is -0.355 e. The molecule has 31 heavy (non-hydrogen) atoms. The van der Waals surface area contributed by atoms with Gasteiger partial charge >= 0.3 is 6.03 Å². The van der Waals surface area contributed by atoms with Crippen LogP contribution in [0.15, 0.2) is 48.1 Å². The van der Waals surface area contributed by atoms with Gasteiger partial charge in [-0.1, -0.05) is 13.0 Å². The maximum Gasteiger partial charge on any atom is 0.317 e. The molecule has 0 bridgehead atoms. The lowest BCUT2D eigenvalue weighted by molar-refractivity contribution is 0.203. The number of H-pyrrole nitrogens is 1. The number of nitrogens with one attached hydrogen (secondary N) is 3. The Balaban J connectivity index is 1.37. The lowest BCUT2D eigenvalue weighted by atomic mass is 10.0. The molecule has 4 aromatic rings. The molecule has 1 aromatic carbocycles. The zero-order valence-corrected chi connectivity index (χ0v) is 18.1. The third-order valence-electron chi connectivity index (χ3n) is 5.51. The second-order valence-electron chi connectivity index (χ2n) is 7.62. The number of thiazole rings is 1. The number of hydrogen-bond acceptors (Lipinski definition) is 5. The van der Waals surface area contributed by atoms with Crippen LogP contribution in [0.1, 0.15) is 25.5 Å². The van der Waals surface area contributed by atoms with Crippen molar-refractivity contribution in [3.05, 3.63) is 53.8 Å². The maximum absolute atomic E-state index is 12.2. The molecular weight excluding hydrogens is 408 g/mol. The molecule has 158 valence electrons. The average molecular weight is 433 g/mol. The van der Waals surface area contributed by atoms with Crippen LogP contribution >= 0.6 is 11.3 Å². The third-order valence-corrected chi connectivity index (χ3v) is 6.30. The van der Waals surface area contributed by atoms with Gasteiger partial charge in [-0.3, -0.25) is 0 Å². The van der Waals surface area contributed by atoms with Gasteiger partial charge in [-0.05, 0) is 48.7 Å². The average Bonchev–Trinajstić information content (AvgIpc) is 3.45. The standard InChI is InChI=1S/C23H24N6OS/c1-2-8-25-23(30)29-10-6-15(7-11-29)20-13-17-18(5-9-24-22(17)28-20)27-16-3-4-19-21(12-16)31-14-26-19/h3-6,9,12-14H,2,7-8,10-11H2,1H3,(H,25,30)(H2,24,27,28). The third kappa shape index (κ3) is 3.98. The molecule has 0 saturated carbocycles. The number of fused-ring (bicyclic) bond motifs is 2. The van der Waals surface area contributed by atoms with Crippen LogP contribution in [-0.4, -0.2) is 45.5 Å². The molecule has 0 saturated heterocycles. The largest absolute Gasteiger partial charge is 0.355 e. The number of urea groups is 1. The van der Waals surface area contributed by atoms with Gasteiger partial charge in [0.1, 0.15) is 5.65 Å². The van der Waals surface area contributed by atoms with E-state index in [1.165, 1.54) is 5.57 Å². The van der Waals surface area contributed by atoms with Crippen molar-refractivity contribution in [1.82, 2.24) is 25.2 Å². The molecule has 0 radical (unpaired) electrons. The molecule has 1 aliphatic rings. The van der Waals surface area contributed by atoms with Crippen LogP contribution in [0.5, 0.6) is 0 Å². The first-order valence-electron chi connectivity index (χ1n) is 10.5. The number of aromatic nitrogens is 3. The van der Waals surface area contributed by atoms with Crippen LogP contribution in [0.3, 0.4) is 0 Å². The molecule has 0 unspecified atom stereocenters. The van der Waals surface area contributed by atoms with Crippen molar-refractivity contribution in [2.45, 2.75) is 19.8 Å². The summed E-state index contributed by atoms with van der Waals surface area (Å²) in [6.07, 6.45) is 5.70. The smallest absolute Gasteiger partial charge is 0.317 e. The minimum atomic E-state index is 0.0138. The van der Waals surface area contributed by atoms with Gasteiger partial charge in [0.05, 0.1) is 21.4 Å². The molecule has 0 atom stereocenters. The number of hydrogen-bond donors (Lipinski definition) is 3. The second-order valence-corrected chi connectivity index (χ2v) is 8.51. The fourth-order valence-electron chi connectivity index (χ4n) is 3.84. The highest BCUT2D eigenvalue weighted by Gasteiger charge is 2.19. The summed E-state index contributed by atoms with van der Waals surface area (Å²) in [6.45, 7) is 4.10. The summed E-state index contributed by atoms with van der Waals surface area (Å²) >= 11 is 1.64. The summed E-state index contributed by atoms with van der Waals surface area (Å²) in [6, 6.07) is 10.4. The van der Waals surface area contributed by atoms with Crippen LogP contribution in [-0.2, 0) is 0 Å². The van der Waals surface area contributed by atoms with Gasteiger partial charge in [-0.15, -0.1) is 11.3 Å². The predicted octanol–water partition coefficient (Wildman–Crippen LogP) is 5.12. The van der Waals surface area contributed by atoms with Gasteiger partial charge in [-0.2, -0.15) is 0 Å². The van der Waals surface area contributed by atoms with E-state index in [0.717, 1.165) is 51.2 Å². The van der Waals surface area contributed by atoms with Gasteiger partial charge < -0.3 is 20.5 Å². The normalized spacial score (nSPS) is 14.1. The van der Waals surface area contributed by atoms with Gasteiger partial charge in [0.15, 0.2) is 0 Å². The highest BCUT2D eigenvalue weighted by Crippen LogP contribution is 2.31. The van der Waals surface area contributed by atoms with Gasteiger partial charge in [0.25, 0.3) is 0 Å². The molecule has 2 amide bonds. The Morgan fingerprint density at radius 3 is 3.03 bits per heavy atom. The Morgan fingerprint density at radius 1 is 1.26 bits per heavy atom. The van der Waals surface area contributed by atoms with Crippen molar-refractivity contribution >= 4 is 55.6 Å². The quantitative estimate of drug-likeness (QED) is 0.408. The maximum atomic E-state index is 12.2. The first-order chi connectivity index (χ1) is 15.2. The molecule has 5 rings (SSSR count). The van der Waals surface area contributed by atoms with E-state index in [-0.39, 0.29) is 6.03 Å². The molecule has 3 aromatic heterocycles. The Kier molecular flexibility index (Phi) is 5.30. The number of pyridine rings is 1. The van der Waals surface area contributed by atoms with Crippen LogP contribution in [0.2, 0.25) is 0 Å². The summed E-state index contributed by atoms with van der Waals surface area (Å²) < 4.78 is 1.16. The zero-order valence-electron chi connectivity index (χ0n) is 17.3. The molecular formula is C23H24N6OS. The number of nitrogens with zero attached hydrogens (tertiary/aromatic N) is 3. The number of carbonyl (C=O) groups excluding carboxylic acids is 1. The number of benzene rings is 1. The molecule has 1 aliphatic heterocycles. The molecule has 0 fully saturated rings. The number of rotatable bonds is 5. The van der Waals surface area contributed by atoms with Crippen molar-refractivity contribution in [2.75, 3.05) is 25.0 Å². The molecule has 0 spiro atoms. The van der Waals surface area contributed by atoms with Crippen molar-refractivity contribution in [2.24, 2.45) is 0 Å². The van der Waals surface area contributed by atoms with Crippen LogP contribution in [0.4, 0.5) is 16.2 Å². The van der Waals surface area contributed by atoms with E-state index < -0.39 is 0 Å². The molecule has 7 nitrogen and oxygen atoms in total. The molecule has 4 heterocycles. The number of aromatic amines is 1. The van der Waals surface area contributed by atoms with Gasteiger partial charge in [0, 0.05) is 42.6 Å². The second kappa shape index (κ2) is 8.39. The monoisotopic (exact) mass is 432 g/mol. The Bertz CT molecular complexity index is 1270. The summed E-state index contributed by atoms with van der Waals surface area (Å²) in [4.78, 5) is 26.3. The Hall–Kier alpha value is -3.39. The first-order valence-corrected chi connectivity index (χ1v) is 11.4. The fourth-order valence-corrected chi connectivity index (χ4v) is 4.56. The summed E-state index contributed by atoms with van der Waals surface area (Å²) in [7, 11) is 0. The van der Waals surface area contributed by atoms with Crippen molar-refractivity contribution in [3.63, 3.8) is 0 Å². The van der Waals surface area contributed by atoms with Crippen LogP contribution < -0.4 is 10.6 Å². The highest BCUT2D eigenvalue weighted by molar-refractivity contribution is 7.16. The van der Waals surface area contributed by atoms with Crippen LogP contribution in [0.25, 0.3) is 26.8 Å². The minimum absolute atomic E-state index is 0.0138. The molecule has 8 heteroatoms. The molecule has 0 aliphatic carbocycles. The summed E-state index contributed by atoms with van der Waals surface area (Å²) in [5, 5.41) is 7.52. The van der Waals surface area contributed by atoms with E-state index in [1.807, 2.05) is 34.8 Å². The van der Waals surface area contributed by atoms with Crippen molar-refractivity contribution in [1.29, 1.82) is 0 Å². The summed E-state index contributed by atoms with van der Waals surface area (Å²) in [5.74, 6) is 0. The van der Waals surface area contributed by atoms with Crippen LogP contribution in [0, 0.1) is 0 Å². The van der Waals surface area contributed by atoms with E-state index in [4.69, 9.17) is 0 Å². The van der Waals surface area contributed by atoms with E-state index in [0.29, 0.717) is 19.6 Å². The predicted molar refractivity (Wildman–Crippen MR) is 127 cm³/mol. The number of amides is 2. The Morgan fingerprint density at radius 2 is 2.19 bits per heavy atom. The summed E-state index contributed by atoms with van der Waals surface area (Å²) in [5.41, 5.74) is 8.04. The Labute approximate surface area is 184 Å². The van der Waals surface area contributed by atoms with Crippen molar-refractivity contribution in [3.8, 4) is 0 Å². The van der Waals surface area contributed by atoms with Gasteiger partial charge in [-0.25, -0.2) is 14.8 Å². The van der Waals surface area contributed by atoms with E-state index >= 15 is 0 Å². The SMILES string of the molecule is CCCNC(=O)N1CC=C(c2cc3c(Nc4ccc5ncsc5c4)ccnc3[nH]2)CC1. The first kappa shape index (κ1) is 19.6. The fraction of sp³-hybridized carbons (Fsp3) is 0.261. The lowest BCUT2D eigenvalue weighted by Crippen LogP contribution is -2.42. The number of carbonyl (C=O) groups is 1. The van der Waals surface area contributed by atoms with Gasteiger partial charge in [0.2, 0.25) is 0 Å². The number of anilines is 2. The lowest BCUT2D eigenvalue weighted by Gasteiger charge is -2.26. The highest BCUT2D eigenvalue weighted by atomic mass is 32.1. The van der Waals surface area contributed by atoms with E-state index in [1.54, 1.807) is 11.3 Å². The van der Waals surface area contributed by atoms with Crippen molar-refractivity contribution < 1.29 is 4.79 Å². The molecule has 3 N–H and O–H groups in total. The van der Waals surface area contributed by atoms with E-state index in [9.17, 15) is 4.79 Å².